The summed E-state index contributed by atoms with van der Waals surface area (Å²) in [4.78, 5) is 13.6. The first-order valence-electron chi connectivity index (χ1n) is 9.71. The van der Waals surface area contributed by atoms with Gasteiger partial charge < -0.3 is 28.8 Å². The second-order valence-electron chi connectivity index (χ2n) is 8.10. The highest BCUT2D eigenvalue weighted by Crippen LogP contribution is 2.52. The van der Waals surface area contributed by atoms with Gasteiger partial charge in [-0.2, -0.15) is 0 Å². The number of benzene rings is 2. The van der Waals surface area contributed by atoms with Crippen LogP contribution in [0.2, 0.25) is 0 Å². The summed E-state index contributed by atoms with van der Waals surface area (Å²) < 4.78 is 28.8. The maximum Gasteiger partial charge on any atom is 0.181 e. The first-order valence-corrected chi connectivity index (χ1v) is 9.71. The first-order chi connectivity index (χ1) is 14.3. The standard InChI is InChI=1S/C23H22O7/c1-23(2)6-5-11-15(30-23)8-13(24)20-21(25)19-12-7-16(26-3)17(27-4)9-14(12)28-10-18(19)29-22(11)20/h5-9,18-19,24H,10H2,1-4H3/t18-,19+/m1/s1. The first kappa shape index (κ1) is 18.7. The van der Waals surface area contributed by atoms with E-state index in [0.717, 1.165) is 0 Å². The average Bonchev–Trinajstić information content (AvgIpc) is 2.71. The number of carbonyl (C=O) groups is 1. The number of ketones is 1. The smallest absolute Gasteiger partial charge is 0.181 e. The summed E-state index contributed by atoms with van der Waals surface area (Å²) in [6, 6.07) is 4.92. The van der Waals surface area contributed by atoms with Crippen LogP contribution in [0.25, 0.3) is 6.08 Å². The van der Waals surface area contributed by atoms with Crippen molar-refractivity contribution < 1.29 is 33.6 Å². The highest BCUT2D eigenvalue weighted by Gasteiger charge is 2.46. The van der Waals surface area contributed by atoms with Crippen LogP contribution in [0, 0.1) is 0 Å². The van der Waals surface area contributed by atoms with E-state index >= 15 is 0 Å². The second-order valence-corrected chi connectivity index (χ2v) is 8.10. The fraction of sp³-hybridized carbons (Fsp3) is 0.348. The molecule has 2 atom stereocenters. The third kappa shape index (κ3) is 2.61. The zero-order chi connectivity index (χ0) is 21.2. The molecular weight excluding hydrogens is 388 g/mol. The summed E-state index contributed by atoms with van der Waals surface area (Å²) >= 11 is 0. The van der Waals surface area contributed by atoms with E-state index in [-0.39, 0.29) is 23.7 Å². The van der Waals surface area contributed by atoms with Gasteiger partial charge in [-0.15, -0.1) is 0 Å². The molecule has 3 aliphatic rings. The van der Waals surface area contributed by atoms with Crippen LogP contribution >= 0.6 is 0 Å². The minimum absolute atomic E-state index is 0.158. The largest absolute Gasteiger partial charge is 0.507 e. The predicted octanol–water partition coefficient (Wildman–Crippen LogP) is 3.71. The molecule has 0 bridgehead atoms. The van der Waals surface area contributed by atoms with Gasteiger partial charge in [0.05, 0.1) is 25.7 Å². The van der Waals surface area contributed by atoms with Gasteiger partial charge in [-0.1, -0.05) is 0 Å². The molecule has 30 heavy (non-hydrogen) atoms. The molecule has 3 aliphatic heterocycles. The van der Waals surface area contributed by atoms with E-state index in [4.69, 9.17) is 23.7 Å². The summed E-state index contributed by atoms with van der Waals surface area (Å²) in [6.45, 7) is 4.02. The highest BCUT2D eigenvalue weighted by atomic mass is 16.5. The van der Waals surface area contributed by atoms with Crippen LogP contribution < -0.4 is 23.7 Å². The Morgan fingerprint density at radius 2 is 1.83 bits per heavy atom. The average molecular weight is 410 g/mol. The van der Waals surface area contributed by atoms with Crippen molar-refractivity contribution in [3.63, 3.8) is 0 Å². The van der Waals surface area contributed by atoms with E-state index in [1.165, 1.54) is 13.2 Å². The van der Waals surface area contributed by atoms with Gasteiger partial charge in [-0.3, -0.25) is 4.79 Å². The van der Waals surface area contributed by atoms with Crippen molar-refractivity contribution in [2.24, 2.45) is 0 Å². The van der Waals surface area contributed by atoms with Crippen LogP contribution in [0.4, 0.5) is 0 Å². The highest BCUT2D eigenvalue weighted by molar-refractivity contribution is 6.08. The fourth-order valence-electron chi connectivity index (χ4n) is 4.27. The van der Waals surface area contributed by atoms with Crippen molar-refractivity contribution in [1.82, 2.24) is 0 Å². The van der Waals surface area contributed by atoms with E-state index < -0.39 is 17.6 Å². The van der Waals surface area contributed by atoms with E-state index in [9.17, 15) is 9.90 Å². The van der Waals surface area contributed by atoms with E-state index in [2.05, 4.69) is 0 Å². The maximum atomic E-state index is 13.6. The van der Waals surface area contributed by atoms with E-state index in [0.29, 0.717) is 39.9 Å². The van der Waals surface area contributed by atoms with Gasteiger partial charge in [0.25, 0.3) is 0 Å². The SMILES string of the molecule is COc1cc2c(cc1OC)[C@@H]1C(=O)c3c(O)cc4c(c3O[C@@H]1CO2)C=CC(C)(C)O4. The lowest BCUT2D eigenvalue weighted by molar-refractivity contribution is 0.0547. The minimum Gasteiger partial charge on any atom is -0.507 e. The number of phenolic OH excluding ortho intramolecular Hbond substituents is 1. The Kier molecular flexibility index (Phi) is 3.93. The van der Waals surface area contributed by atoms with Crippen molar-refractivity contribution in [3.05, 3.63) is 41.0 Å². The van der Waals surface area contributed by atoms with Gasteiger partial charge in [0, 0.05) is 17.7 Å². The number of phenols is 1. The number of fused-ring (bicyclic) bond motifs is 6. The Morgan fingerprint density at radius 1 is 1.10 bits per heavy atom. The molecule has 3 heterocycles. The third-order valence-electron chi connectivity index (χ3n) is 5.71. The molecule has 0 saturated heterocycles. The van der Waals surface area contributed by atoms with E-state index in [1.807, 2.05) is 26.0 Å². The van der Waals surface area contributed by atoms with Gasteiger partial charge in [-0.25, -0.2) is 0 Å². The lowest BCUT2D eigenvalue weighted by Gasteiger charge is -2.39. The molecule has 0 aliphatic carbocycles. The Bertz CT molecular complexity index is 1100. The molecule has 0 amide bonds. The molecule has 7 heteroatoms. The van der Waals surface area contributed by atoms with Crippen LogP contribution in [0.15, 0.2) is 24.3 Å². The molecule has 0 radical (unpaired) electrons. The molecule has 0 saturated carbocycles. The van der Waals surface area contributed by atoms with Gasteiger partial charge in [0.2, 0.25) is 0 Å². The van der Waals surface area contributed by atoms with Gasteiger partial charge in [0.15, 0.2) is 17.3 Å². The summed E-state index contributed by atoms with van der Waals surface area (Å²) in [5.41, 5.74) is 0.930. The third-order valence-corrected chi connectivity index (χ3v) is 5.71. The number of methoxy groups -OCH3 is 2. The minimum atomic E-state index is -0.630. The number of aromatic hydroxyl groups is 1. The van der Waals surface area contributed by atoms with Crippen LogP contribution in [-0.2, 0) is 0 Å². The van der Waals surface area contributed by atoms with Crippen LogP contribution in [0.5, 0.6) is 34.5 Å². The number of Topliss-reactive ketones (excluding diaryl/α,β-unsaturated/α-hetero) is 1. The number of carbonyl (C=O) groups excluding carboxylic acids is 1. The number of hydrogen-bond donors (Lipinski definition) is 1. The molecule has 0 unspecified atom stereocenters. The zero-order valence-electron chi connectivity index (χ0n) is 17.1. The van der Waals surface area contributed by atoms with Gasteiger partial charge in [-0.05, 0) is 32.1 Å². The summed E-state index contributed by atoms with van der Waals surface area (Å²) in [6.07, 6.45) is 3.23. The van der Waals surface area contributed by atoms with Gasteiger partial charge in [0.1, 0.15) is 46.9 Å². The van der Waals surface area contributed by atoms with Crippen LogP contribution in [-0.4, -0.2) is 43.4 Å². The lowest BCUT2D eigenvalue weighted by atomic mass is 9.80. The number of hydrogen-bond acceptors (Lipinski definition) is 7. The summed E-state index contributed by atoms with van der Waals surface area (Å²) in [5.74, 6) is 1.34. The Morgan fingerprint density at radius 3 is 2.57 bits per heavy atom. The molecule has 2 aromatic carbocycles. The molecule has 0 fully saturated rings. The number of rotatable bonds is 2. The Balaban J connectivity index is 1.65. The molecular formula is C23H22O7. The Labute approximate surface area is 173 Å². The van der Waals surface area contributed by atoms with Gasteiger partial charge >= 0.3 is 0 Å². The molecule has 7 nitrogen and oxygen atoms in total. The van der Waals surface area contributed by atoms with E-state index in [1.54, 1.807) is 19.2 Å². The van der Waals surface area contributed by atoms with Crippen LogP contribution in [0.1, 0.15) is 41.3 Å². The molecule has 0 aromatic heterocycles. The normalized spacial score (nSPS) is 22.3. The zero-order valence-corrected chi connectivity index (χ0v) is 17.1. The topological polar surface area (TPSA) is 83.5 Å². The monoisotopic (exact) mass is 410 g/mol. The maximum absolute atomic E-state index is 13.6. The molecule has 5 rings (SSSR count). The number of ether oxygens (including phenoxy) is 5. The predicted molar refractivity (Wildman–Crippen MR) is 108 cm³/mol. The van der Waals surface area contributed by atoms with Crippen molar-refractivity contribution in [2.45, 2.75) is 31.5 Å². The lowest BCUT2D eigenvalue weighted by Crippen LogP contribution is -2.43. The van der Waals surface area contributed by atoms with Crippen molar-refractivity contribution in [1.29, 1.82) is 0 Å². The molecule has 0 spiro atoms. The second kappa shape index (κ2) is 6.32. The fourth-order valence-corrected chi connectivity index (χ4v) is 4.27. The van der Waals surface area contributed by atoms with Crippen molar-refractivity contribution >= 4 is 11.9 Å². The Hall–Kier alpha value is -3.35. The molecule has 2 aromatic rings. The molecule has 156 valence electrons. The summed E-state index contributed by atoms with van der Waals surface area (Å²) in [7, 11) is 3.07. The van der Waals surface area contributed by atoms with Crippen molar-refractivity contribution in [3.8, 4) is 34.5 Å². The van der Waals surface area contributed by atoms with Crippen LogP contribution in [0.3, 0.4) is 0 Å². The summed E-state index contributed by atoms with van der Waals surface area (Å²) in [5, 5.41) is 10.7. The quantitative estimate of drug-likeness (QED) is 0.808. The van der Waals surface area contributed by atoms with Crippen molar-refractivity contribution in [2.75, 3.05) is 20.8 Å². The molecule has 1 N–H and O–H groups in total.